The highest BCUT2D eigenvalue weighted by Crippen LogP contribution is 2.49. The first-order chi connectivity index (χ1) is 17.4. The molecule has 0 N–H and O–H groups in total. The number of hydrogen-bond acceptors (Lipinski definition) is 6. The molecular formula is C25H28ClF2NO6S2. The number of nitrogens with zero attached hydrogens (tertiary/aromatic N) is 1. The molecule has 4 rings (SSSR count). The molecule has 1 aliphatic heterocycles. The van der Waals surface area contributed by atoms with E-state index in [2.05, 4.69) is 0 Å². The monoisotopic (exact) mass is 575 g/mol. The molecule has 1 heterocycles. The maximum Gasteiger partial charge on any atom is 0.324 e. The van der Waals surface area contributed by atoms with Crippen molar-refractivity contribution >= 4 is 37.4 Å². The zero-order valence-electron chi connectivity index (χ0n) is 20.2. The van der Waals surface area contributed by atoms with Crippen LogP contribution in [0.15, 0.2) is 47.4 Å². The maximum atomic E-state index is 15.0. The molecule has 37 heavy (non-hydrogen) atoms. The molecule has 2 fully saturated rings. The van der Waals surface area contributed by atoms with Gasteiger partial charge in [0.05, 0.1) is 17.8 Å². The highest BCUT2D eigenvalue weighted by Gasteiger charge is 2.51. The minimum atomic E-state index is -4.23. The molecule has 0 spiro atoms. The Morgan fingerprint density at radius 3 is 2.32 bits per heavy atom. The second kappa shape index (κ2) is 10.6. The van der Waals surface area contributed by atoms with Crippen molar-refractivity contribution in [1.29, 1.82) is 0 Å². The fourth-order valence-corrected chi connectivity index (χ4v) is 9.92. The lowest BCUT2D eigenvalue weighted by Gasteiger charge is -2.40. The first kappa shape index (κ1) is 27.9. The van der Waals surface area contributed by atoms with Crippen molar-refractivity contribution in [2.75, 3.05) is 19.4 Å². The van der Waals surface area contributed by atoms with Gasteiger partial charge in [-0.2, -0.15) is 4.31 Å². The quantitative estimate of drug-likeness (QED) is 0.453. The van der Waals surface area contributed by atoms with Gasteiger partial charge in [-0.1, -0.05) is 11.6 Å². The largest absolute Gasteiger partial charge is 0.468 e. The predicted molar refractivity (Wildman–Crippen MR) is 134 cm³/mol. The molecule has 1 atom stereocenters. The second-order valence-corrected chi connectivity index (χ2v) is 14.3. The second-order valence-electron chi connectivity index (χ2n) is 9.59. The minimum absolute atomic E-state index is 0.0791. The number of sulfonamides is 1. The average Bonchev–Trinajstić information content (AvgIpc) is 3.37. The molecule has 2 aliphatic rings. The summed E-state index contributed by atoms with van der Waals surface area (Å²) in [5, 5.41) is 0.325. The van der Waals surface area contributed by atoms with Crippen molar-refractivity contribution in [3.63, 3.8) is 0 Å². The molecule has 0 amide bonds. The number of halogens is 3. The normalized spacial score (nSPS) is 25.2. The van der Waals surface area contributed by atoms with Gasteiger partial charge in [0.25, 0.3) is 0 Å². The van der Waals surface area contributed by atoms with Crippen molar-refractivity contribution in [2.45, 2.75) is 54.2 Å². The summed E-state index contributed by atoms with van der Waals surface area (Å²) < 4.78 is 87.6. The first-order valence-electron chi connectivity index (χ1n) is 11.9. The Balaban J connectivity index is 1.64. The summed E-state index contributed by atoms with van der Waals surface area (Å²) in [6.07, 6.45) is 1.01. The molecule has 1 aliphatic carbocycles. The van der Waals surface area contributed by atoms with Crippen LogP contribution in [0, 0.1) is 17.6 Å². The highest BCUT2D eigenvalue weighted by molar-refractivity contribution is 7.92. The molecule has 0 radical (unpaired) electrons. The Morgan fingerprint density at radius 2 is 1.70 bits per heavy atom. The molecule has 2 aromatic carbocycles. The van der Waals surface area contributed by atoms with Crippen LogP contribution in [-0.2, 0) is 34.1 Å². The van der Waals surface area contributed by atoms with Crippen LogP contribution in [0.4, 0.5) is 8.78 Å². The zero-order chi connectivity index (χ0) is 27.0. The van der Waals surface area contributed by atoms with E-state index in [0.29, 0.717) is 17.9 Å². The Kier molecular flexibility index (Phi) is 8.00. The molecule has 7 nitrogen and oxygen atoms in total. The van der Waals surface area contributed by atoms with Crippen LogP contribution < -0.4 is 0 Å². The molecule has 12 heteroatoms. The number of ether oxygens (including phenoxy) is 1. The van der Waals surface area contributed by atoms with Crippen molar-refractivity contribution in [3.05, 3.63) is 64.7 Å². The number of carbonyl (C=O) groups is 1. The van der Waals surface area contributed by atoms with Crippen LogP contribution in [0.1, 0.15) is 44.1 Å². The van der Waals surface area contributed by atoms with Crippen LogP contribution in [0.2, 0.25) is 5.02 Å². The standard InChI is InChI=1S/C25H28ClF2NO6S2/c1-35-24(30)23-3-2-14-29(23)36(31,32)16-17-10-12-25(13-11-17,21-15-19(27)6-9-22(21)28)37(33,34)20-7-4-18(26)5-8-20/h4-9,15,17,23H,2-3,10-14,16H2,1H3. The van der Waals surface area contributed by atoms with Gasteiger partial charge in [0, 0.05) is 17.1 Å². The van der Waals surface area contributed by atoms with Gasteiger partial charge in [-0.15, -0.1) is 0 Å². The summed E-state index contributed by atoms with van der Waals surface area (Å²) >= 11 is 5.92. The number of rotatable bonds is 7. The van der Waals surface area contributed by atoms with Crippen LogP contribution in [-0.4, -0.2) is 52.6 Å². The summed E-state index contributed by atoms with van der Waals surface area (Å²) in [4.78, 5) is 12.0. The molecular weight excluding hydrogens is 548 g/mol. The molecule has 202 valence electrons. The van der Waals surface area contributed by atoms with E-state index in [1.54, 1.807) is 0 Å². The smallest absolute Gasteiger partial charge is 0.324 e. The lowest BCUT2D eigenvalue weighted by molar-refractivity contribution is -0.144. The van der Waals surface area contributed by atoms with E-state index in [1.807, 2.05) is 0 Å². The Labute approximate surface area is 220 Å². The SMILES string of the molecule is COC(=O)C1CCCN1S(=O)(=O)CC1CCC(c2cc(F)ccc2F)(S(=O)(=O)c2ccc(Cl)cc2)CC1. The third-order valence-corrected chi connectivity index (χ3v) is 12.3. The Hall–Kier alpha value is -2.08. The van der Waals surface area contributed by atoms with Gasteiger partial charge < -0.3 is 4.74 Å². The topological polar surface area (TPSA) is 97.8 Å². The maximum absolute atomic E-state index is 15.0. The molecule has 0 aromatic heterocycles. The van der Waals surface area contributed by atoms with Crippen molar-refractivity contribution in [3.8, 4) is 0 Å². The van der Waals surface area contributed by atoms with Crippen molar-refractivity contribution in [1.82, 2.24) is 4.31 Å². The number of benzene rings is 2. The van der Waals surface area contributed by atoms with Crippen LogP contribution in [0.5, 0.6) is 0 Å². The number of sulfone groups is 1. The molecule has 0 bridgehead atoms. The van der Waals surface area contributed by atoms with E-state index in [4.69, 9.17) is 16.3 Å². The lowest BCUT2D eigenvalue weighted by atomic mass is 9.78. The van der Waals surface area contributed by atoms with E-state index in [9.17, 15) is 26.0 Å². The number of esters is 1. The average molecular weight is 576 g/mol. The molecule has 1 saturated heterocycles. The number of methoxy groups -OCH3 is 1. The van der Waals surface area contributed by atoms with Gasteiger partial charge in [-0.25, -0.2) is 25.6 Å². The molecule has 1 saturated carbocycles. The van der Waals surface area contributed by atoms with E-state index in [1.165, 1.54) is 31.4 Å². The third kappa shape index (κ3) is 5.28. The van der Waals surface area contributed by atoms with Crippen LogP contribution in [0.3, 0.4) is 0 Å². The summed E-state index contributed by atoms with van der Waals surface area (Å²) in [5.41, 5.74) is -0.269. The summed E-state index contributed by atoms with van der Waals surface area (Å²) in [5.74, 6) is -2.92. The van der Waals surface area contributed by atoms with E-state index in [-0.39, 0.29) is 48.4 Å². The third-order valence-electron chi connectivity index (χ3n) is 7.45. The van der Waals surface area contributed by atoms with Crippen LogP contribution >= 0.6 is 11.6 Å². The summed E-state index contributed by atoms with van der Waals surface area (Å²) in [6, 6.07) is 7.34. The summed E-state index contributed by atoms with van der Waals surface area (Å²) in [6.45, 7) is 0.207. The van der Waals surface area contributed by atoms with Gasteiger partial charge in [0.1, 0.15) is 22.4 Å². The highest BCUT2D eigenvalue weighted by atomic mass is 35.5. The van der Waals surface area contributed by atoms with Gasteiger partial charge in [0.2, 0.25) is 10.0 Å². The van der Waals surface area contributed by atoms with Gasteiger partial charge >= 0.3 is 5.97 Å². The van der Waals surface area contributed by atoms with Crippen LogP contribution in [0.25, 0.3) is 0 Å². The van der Waals surface area contributed by atoms with Gasteiger partial charge in [-0.05, 0) is 86.9 Å². The fraction of sp³-hybridized carbons (Fsp3) is 0.480. The number of hydrogen-bond donors (Lipinski definition) is 0. The fourth-order valence-electron chi connectivity index (χ4n) is 5.52. The van der Waals surface area contributed by atoms with Gasteiger partial charge in [-0.3, -0.25) is 4.79 Å². The van der Waals surface area contributed by atoms with Crippen molar-refractivity contribution in [2.24, 2.45) is 5.92 Å². The lowest BCUT2D eigenvalue weighted by Crippen LogP contribution is -2.45. The Morgan fingerprint density at radius 1 is 1.05 bits per heavy atom. The molecule has 1 unspecified atom stereocenters. The first-order valence-corrected chi connectivity index (χ1v) is 15.4. The van der Waals surface area contributed by atoms with Gasteiger partial charge in [0.15, 0.2) is 9.84 Å². The number of carbonyl (C=O) groups excluding carboxylic acids is 1. The van der Waals surface area contributed by atoms with E-state index in [0.717, 1.165) is 22.5 Å². The zero-order valence-corrected chi connectivity index (χ0v) is 22.6. The predicted octanol–water partition coefficient (Wildman–Crippen LogP) is 4.44. The van der Waals surface area contributed by atoms with E-state index >= 15 is 4.39 Å². The van der Waals surface area contributed by atoms with E-state index < -0.39 is 54.2 Å². The Bertz CT molecular complexity index is 1370. The molecule has 2 aromatic rings. The minimum Gasteiger partial charge on any atom is -0.468 e. The summed E-state index contributed by atoms with van der Waals surface area (Å²) in [7, 11) is -6.86. The van der Waals surface area contributed by atoms with Crippen molar-refractivity contribution < 1.29 is 35.1 Å².